The van der Waals surface area contributed by atoms with Crippen molar-refractivity contribution >= 4 is 5.91 Å². The zero-order valence-corrected chi connectivity index (χ0v) is 40.8. The third kappa shape index (κ3) is 31.3. The van der Waals surface area contributed by atoms with Crippen molar-refractivity contribution in [2.45, 2.75) is 281 Å². The number of nitrogens with one attached hydrogen (secondary N) is 1. The molecule has 0 aromatic carbocycles. The number of aliphatic hydroxyl groups is 7. The van der Waals surface area contributed by atoms with Gasteiger partial charge in [0.05, 0.1) is 25.4 Å². The average molecular weight is 910 g/mol. The highest BCUT2D eigenvalue weighted by Crippen LogP contribution is 2.23. The van der Waals surface area contributed by atoms with Crippen LogP contribution in [0.4, 0.5) is 0 Å². The lowest BCUT2D eigenvalue weighted by molar-refractivity contribution is -0.303. The number of hydrogen-bond acceptors (Lipinski definition) is 10. The van der Waals surface area contributed by atoms with Crippen LogP contribution in [0.25, 0.3) is 0 Å². The number of ether oxygens (including phenoxy) is 2. The quantitative estimate of drug-likeness (QED) is 0.0216. The van der Waals surface area contributed by atoms with Crippen LogP contribution in [-0.4, -0.2) is 110 Å². The monoisotopic (exact) mass is 910 g/mol. The van der Waals surface area contributed by atoms with Crippen molar-refractivity contribution in [2.24, 2.45) is 0 Å². The van der Waals surface area contributed by atoms with Crippen LogP contribution < -0.4 is 5.32 Å². The van der Waals surface area contributed by atoms with Crippen LogP contribution in [0.15, 0.2) is 36.5 Å². The molecule has 1 fully saturated rings. The predicted octanol–water partition coefficient (Wildman–Crippen LogP) is 9.95. The minimum absolute atomic E-state index is 0.220. The maximum absolute atomic E-state index is 13.1. The molecule has 376 valence electrons. The van der Waals surface area contributed by atoms with Crippen LogP contribution >= 0.6 is 0 Å². The van der Waals surface area contributed by atoms with Gasteiger partial charge in [-0.15, -0.1) is 0 Å². The summed E-state index contributed by atoms with van der Waals surface area (Å²) in [5.74, 6) is -0.728. The van der Waals surface area contributed by atoms with E-state index in [-0.39, 0.29) is 12.8 Å². The van der Waals surface area contributed by atoms with E-state index in [9.17, 15) is 40.5 Å². The molecule has 0 aromatic rings. The van der Waals surface area contributed by atoms with E-state index in [1.165, 1.54) is 141 Å². The smallest absolute Gasteiger partial charge is 0.249 e. The third-order valence-electron chi connectivity index (χ3n) is 12.6. The molecule has 0 bridgehead atoms. The Bertz CT molecular complexity index is 1130. The predicted molar refractivity (Wildman–Crippen MR) is 261 cm³/mol. The van der Waals surface area contributed by atoms with Crippen molar-refractivity contribution in [1.82, 2.24) is 5.32 Å². The fraction of sp³-hybridized carbons (Fsp3) is 0.868. The van der Waals surface area contributed by atoms with E-state index in [4.69, 9.17) is 9.47 Å². The molecule has 9 unspecified atom stereocenters. The number of aliphatic hydroxyl groups excluding tert-OH is 7. The van der Waals surface area contributed by atoms with Crippen molar-refractivity contribution in [3.05, 3.63) is 36.5 Å². The summed E-state index contributed by atoms with van der Waals surface area (Å²) in [4.78, 5) is 13.1. The fourth-order valence-electron chi connectivity index (χ4n) is 8.28. The van der Waals surface area contributed by atoms with Crippen LogP contribution in [0.5, 0.6) is 0 Å². The molecule has 11 nitrogen and oxygen atoms in total. The van der Waals surface area contributed by atoms with Gasteiger partial charge in [-0.3, -0.25) is 4.79 Å². The molecule has 1 saturated heterocycles. The molecule has 0 saturated carbocycles. The molecular formula is C53H99NO10. The summed E-state index contributed by atoms with van der Waals surface area (Å²) in [6, 6.07) is -1.20. The van der Waals surface area contributed by atoms with E-state index >= 15 is 0 Å². The van der Waals surface area contributed by atoms with E-state index in [0.29, 0.717) is 19.3 Å². The van der Waals surface area contributed by atoms with Crippen molar-refractivity contribution in [1.29, 1.82) is 0 Å². The number of rotatable bonds is 44. The summed E-state index contributed by atoms with van der Waals surface area (Å²) >= 11 is 0. The summed E-state index contributed by atoms with van der Waals surface area (Å²) in [6.45, 7) is 3.41. The van der Waals surface area contributed by atoms with Gasteiger partial charge in [0.2, 0.25) is 5.91 Å². The zero-order chi connectivity index (χ0) is 46.9. The first-order chi connectivity index (χ1) is 31.2. The first-order valence-corrected chi connectivity index (χ1v) is 26.4. The van der Waals surface area contributed by atoms with E-state index in [1.807, 2.05) is 0 Å². The number of amides is 1. The second-order valence-corrected chi connectivity index (χ2v) is 18.6. The lowest BCUT2D eigenvalue weighted by atomic mass is 9.98. The number of carbonyl (C=O) groups is 1. The van der Waals surface area contributed by atoms with Gasteiger partial charge in [0.15, 0.2) is 6.29 Å². The Hall–Kier alpha value is -1.67. The molecule has 11 heteroatoms. The van der Waals surface area contributed by atoms with E-state index in [0.717, 1.165) is 38.5 Å². The number of allylic oxidation sites excluding steroid dienone is 6. The summed E-state index contributed by atoms with van der Waals surface area (Å²) in [6.07, 6.45) is 39.3. The third-order valence-corrected chi connectivity index (χ3v) is 12.6. The Morgan fingerprint density at radius 1 is 0.531 bits per heavy atom. The van der Waals surface area contributed by atoms with Gasteiger partial charge in [0, 0.05) is 0 Å². The standard InChI is InChI=1S/C53H99NO10/c1-3-5-7-9-11-13-15-17-18-19-20-21-22-23-24-25-26-27-28-29-31-32-34-36-38-40-45(56)48(58)44(43-63-53-51(61)50(60)49(59)47(42-55)64-53)54-52(62)46(57)41-39-37-35-33-30-16-14-12-10-8-6-4-2/h27-28,30,32-34,44-51,53,55-61H,3-26,29,31,35-43H2,1-2H3,(H,54,62)/b28-27+,33-30-,34-32+. The Morgan fingerprint density at radius 2 is 0.938 bits per heavy atom. The molecule has 1 heterocycles. The van der Waals surface area contributed by atoms with Gasteiger partial charge in [0.25, 0.3) is 0 Å². The summed E-state index contributed by atoms with van der Waals surface area (Å²) in [5, 5.41) is 75.7. The Kier molecular flexibility index (Phi) is 40.2. The van der Waals surface area contributed by atoms with Gasteiger partial charge in [0.1, 0.15) is 36.6 Å². The Morgan fingerprint density at radius 3 is 1.39 bits per heavy atom. The van der Waals surface area contributed by atoms with Gasteiger partial charge in [-0.05, 0) is 77.0 Å². The van der Waals surface area contributed by atoms with Crippen LogP contribution in [0.3, 0.4) is 0 Å². The highest BCUT2D eigenvalue weighted by molar-refractivity contribution is 5.80. The molecule has 0 radical (unpaired) electrons. The van der Waals surface area contributed by atoms with Crippen molar-refractivity contribution in [2.75, 3.05) is 13.2 Å². The molecule has 0 spiro atoms. The summed E-state index contributed by atoms with van der Waals surface area (Å²) in [7, 11) is 0. The highest BCUT2D eigenvalue weighted by atomic mass is 16.7. The van der Waals surface area contributed by atoms with Crippen LogP contribution in [0.2, 0.25) is 0 Å². The second-order valence-electron chi connectivity index (χ2n) is 18.6. The van der Waals surface area contributed by atoms with Gasteiger partial charge in [-0.2, -0.15) is 0 Å². The topological polar surface area (TPSA) is 189 Å². The van der Waals surface area contributed by atoms with E-state index in [2.05, 4.69) is 55.6 Å². The Labute approximate surface area is 390 Å². The van der Waals surface area contributed by atoms with Crippen molar-refractivity contribution < 1.29 is 50.0 Å². The normalized spacial score (nSPS) is 21.3. The highest BCUT2D eigenvalue weighted by Gasteiger charge is 2.44. The molecular weight excluding hydrogens is 811 g/mol. The van der Waals surface area contributed by atoms with Crippen molar-refractivity contribution in [3.8, 4) is 0 Å². The number of carbonyl (C=O) groups excluding carboxylic acids is 1. The molecule has 8 N–H and O–H groups in total. The van der Waals surface area contributed by atoms with E-state index < -0.39 is 74.2 Å². The first kappa shape index (κ1) is 60.3. The minimum Gasteiger partial charge on any atom is -0.394 e. The molecule has 0 aliphatic carbocycles. The second kappa shape index (κ2) is 42.7. The molecule has 1 aliphatic heterocycles. The molecule has 0 aromatic heterocycles. The van der Waals surface area contributed by atoms with Gasteiger partial charge >= 0.3 is 0 Å². The fourth-order valence-corrected chi connectivity index (χ4v) is 8.28. The average Bonchev–Trinajstić information content (AvgIpc) is 3.29. The van der Waals surface area contributed by atoms with Crippen molar-refractivity contribution in [3.63, 3.8) is 0 Å². The van der Waals surface area contributed by atoms with E-state index in [1.54, 1.807) is 0 Å². The summed E-state index contributed by atoms with van der Waals surface area (Å²) < 4.78 is 11.1. The van der Waals surface area contributed by atoms with Gasteiger partial charge < -0.3 is 50.5 Å². The first-order valence-electron chi connectivity index (χ1n) is 26.4. The van der Waals surface area contributed by atoms with Crippen LogP contribution in [0.1, 0.15) is 226 Å². The van der Waals surface area contributed by atoms with Gasteiger partial charge in [-0.1, -0.05) is 185 Å². The Balaban J connectivity index is 2.37. The number of unbranched alkanes of at least 4 members (excludes halogenated alkanes) is 26. The minimum atomic E-state index is -1.67. The zero-order valence-electron chi connectivity index (χ0n) is 40.8. The maximum atomic E-state index is 13.1. The molecule has 9 atom stereocenters. The molecule has 1 amide bonds. The molecule has 1 rings (SSSR count). The largest absolute Gasteiger partial charge is 0.394 e. The SMILES string of the molecule is CCCCCCCC/C=C\CCCCC(O)C(=O)NC(COC1OC(CO)C(O)C(O)C1O)C(O)C(O)CCC/C=C/CC/C=C/CCCCCCCCCCCCCCCCCC. The molecule has 64 heavy (non-hydrogen) atoms. The number of hydrogen-bond donors (Lipinski definition) is 8. The lowest BCUT2D eigenvalue weighted by Gasteiger charge is -2.40. The molecule has 1 aliphatic rings. The summed E-state index contributed by atoms with van der Waals surface area (Å²) in [5.41, 5.74) is 0. The van der Waals surface area contributed by atoms with Crippen LogP contribution in [0, 0.1) is 0 Å². The maximum Gasteiger partial charge on any atom is 0.249 e. The van der Waals surface area contributed by atoms with Crippen LogP contribution in [-0.2, 0) is 14.3 Å². The lowest BCUT2D eigenvalue weighted by Crippen LogP contribution is -2.60. The van der Waals surface area contributed by atoms with Gasteiger partial charge in [-0.25, -0.2) is 0 Å².